The highest BCUT2D eigenvalue weighted by atomic mass is 32.2. The number of carbonyl (C=O) groups is 6. The van der Waals surface area contributed by atoms with Crippen LogP contribution in [0.15, 0.2) is 78.9 Å². The van der Waals surface area contributed by atoms with Crippen LogP contribution in [0, 0.1) is 93.5 Å². The summed E-state index contributed by atoms with van der Waals surface area (Å²) in [5, 5.41) is 14.8. The molecule has 0 aromatic heterocycles. The Balaban J connectivity index is 0.000000230. The molecule has 4 amide bonds. The summed E-state index contributed by atoms with van der Waals surface area (Å²) in [7, 11) is -5.75. The number of carboxylic acids is 1. The number of piperidine rings is 4. The first-order valence-corrected chi connectivity index (χ1v) is 46.0. The van der Waals surface area contributed by atoms with E-state index in [4.69, 9.17) is 9.84 Å². The summed E-state index contributed by atoms with van der Waals surface area (Å²) in [6.07, 6.45) is 5.81. The third-order valence-electron chi connectivity index (χ3n) is 21.8. The number of carboxylic acid groups (broad SMARTS) is 1. The van der Waals surface area contributed by atoms with Crippen molar-refractivity contribution in [3.05, 3.63) is 176 Å². The second kappa shape index (κ2) is 47.0. The molecule has 5 fully saturated rings. The Morgan fingerprint density at radius 3 is 0.927 bits per heavy atom. The molecule has 7 N–H and O–H groups in total. The van der Waals surface area contributed by atoms with Gasteiger partial charge < -0.3 is 35.2 Å². The molecule has 5 aromatic rings. The van der Waals surface area contributed by atoms with E-state index in [2.05, 4.69) is 29.5 Å². The molecule has 0 bridgehead atoms. The van der Waals surface area contributed by atoms with Gasteiger partial charge in [-0.25, -0.2) is 88.4 Å². The Kier molecular flexibility index (Phi) is 39.2. The zero-order chi connectivity index (χ0) is 92.0. The van der Waals surface area contributed by atoms with Gasteiger partial charge in [-0.05, 0) is 262 Å². The number of hydrogen-bond acceptors (Lipinski definition) is 12. The van der Waals surface area contributed by atoms with Gasteiger partial charge in [0.05, 0.1) is 62.9 Å². The molecule has 8 atom stereocenters. The lowest BCUT2D eigenvalue weighted by atomic mass is 9.86. The monoisotopic (exact) mass is 1840 g/mol. The van der Waals surface area contributed by atoms with Gasteiger partial charge in [0.2, 0.25) is 23.6 Å². The maximum atomic E-state index is 14.4. The lowest BCUT2D eigenvalue weighted by Gasteiger charge is -2.37. The number of nitrogens with zero attached hydrogens (tertiary/aromatic N) is 3. The molecule has 4 heterocycles. The van der Waals surface area contributed by atoms with E-state index >= 15 is 0 Å². The SMILES string of the molecule is CC(C)(C)[S@](=O)N[C@H](Cc1cc(F)c(F)cc1F)C1CCN(C(=O)CC(=O)NC2CC2)CC1.CC(C)(C)[S@](=O)N[C@H](Cc1cc(F)c(F)cc1F)C1CCN(C(=O)CC(=O)O)CC1.CC(C)(C)[S@](=O)N[C@H](Cc1cc(F)c(F)cc1F)C1CCN(C(=O)CC(=O)OCc2ccccc2)CC1.CC(C)(C)[S@](=O)N[C@H](Cc1cc(F)c(F)cc1F)C1CCNCC1. The fraction of sp³-hybridized carbons (Fsp3) is 0.586. The third-order valence-corrected chi connectivity index (χ3v) is 28.3. The number of amides is 4. The summed E-state index contributed by atoms with van der Waals surface area (Å²) in [4.78, 5) is 76.6. The Morgan fingerprint density at radius 1 is 0.387 bits per heavy atom. The first-order chi connectivity index (χ1) is 57.9. The molecule has 0 unspecified atom stereocenters. The van der Waals surface area contributed by atoms with Crippen molar-refractivity contribution in [1.82, 2.24) is 44.2 Å². The zero-order valence-electron chi connectivity index (χ0n) is 72.0. The molecule has 5 aromatic carbocycles. The molecule has 5 aliphatic rings. The predicted molar refractivity (Wildman–Crippen MR) is 452 cm³/mol. The topological polar surface area (TPSA) is 282 Å². The highest BCUT2D eigenvalue weighted by molar-refractivity contribution is 7.85. The van der Waals surface area contributed by atoms with Gasteiger partial charge in [-0.1, -0.05) is 30.3 Å². The number of benzene rings is 5. The lowest BCUT2D eigenvalue weighted by Crippen LogP contribution is -2.49. The van der Waals surface area contributed by atoms with Gasteiger partial charge in [0.25, 0.3) is 0 Å². The molecule has 10 rings (SSSR count). The molecule has 0 radical (unpaired) electrons. The maximum Gasteiger partial charge on any atom is 0.315 e. The smallest absolute Gasteiger partial charge is 0.315 e. The van der Waals surface area contributed by atoms with Gasteiger partial charge in [-0.3, -0.25) is 28.8 Å². The number of carbonyl (C=O) groups excluding carboxylic acids is 5. The van der Waals surface area contributed by atoms with E-state index in [-0.39, 0.29) is 121 Å². The van der Waals surface area contributed by atoms with Crippen LogP contribution in [0.25, 0.3) is 0 Å². The van der Waals surface area contributed by atoms with Crippen molar-refractivity contribution >= 4 is 79.5 Å². The summed E-state index contributed by atoms with van der Waals surface area (Å²) in [6.45, 7) is 25.6. The van der Waals surface area contributed by atoms with Gasteiger partial charge in [0, 0.05) is 93.7 Å². The largest absolute Gasteiger partial charge is 0.481 e. The highest BCUT2D eigenvalue weighted by Gasteiger charge is 2.39. The van der Waals surface area contributed by atoms with E-state index in [0.717, 1.165) is 68.6 Å². The average Bonchev–Trinajstić information content (AvgIpc) is 0.870. The number of hydrogen-bond donors (Lipinski definition) is 7. The van der Waals surface area contributed by atoms with E-state index in [1.165, 1.54) is 4.90 Å². The van der Waals surface area contributed by atoms with Crippen LogP contribution in [-0.4, -0.2) is 174 Å². The molecule has 21 nitrogen and oxygen atoms in total. The summed E-state index contributed by atoms with van der Waals surface area (Å²) < 4.78 is 231. The molecular weight excluding hydrogens is 1720 g/mol. The standard InChI is InChI=1S/C27H33F3N2O4S.C23H32F3N3O3S.C20H27F3N2O4S.C17H25F3N2OS/c1-27(2,3)37(35)31-24(14-20-13-22(29)23(30)15-21(20)28)19-9-11-32(12-10-19)25(33)16-26(34)36-17-18-7-5-4-6-8-18;1-23(2,3)33(32)28-20(11-15-10-18(25)19(26)12-17(15)24)14-6-8-29(9-7-14)22(31)13-21(30)27-16-4-5-16;1-20(2,3)30(29)24-17(9-13-8-15(22)16(23)10-14(13)21)12-4-6-25(7-5-12)18(26)11-19(27)28;1-17(2,3)24(23)22-16(11-4-6-21-7-5-11)9-12-8-14(19)15(20)10-13(12)18/h4-8,13,15,19,24,31H,9-12,14,16-17H2,1-3H3;10,12,14,16,20,28H,4-9,11,13H2,1-3H3,(H,27,30);8,10,12,17,24H,4-7,9,11H2,1-3H3,(H,27,28);8,10-11,16,21-22H,4-7,9H2,1-3H3/t24-,37+;20-,33+;17-,30+;16-,24+/m1111/s1. The van der Waals surface area contributed by atoms with Crippen molar-refractivity contribution in [2.45, 2.75) is 248 Å². The van der Waals surface area contributed by atoms with E-state index in [9.17, 15) is 98.3 Å². The second-order valence-electron chi connectivity index (χ2n) is 35.8. The molecule has 0 spiro atoms. The van der Waals surface area contributed by atoms with E-state index in [0.29, 0.717) is 102 Å². The number of rotatable bonds is 29. The van der Waals surface area contributed by atoms with Crippen LogP contribution in [0.5, 0.6) is 0 Å². The molecule has 4 saturated heterocycles. The summed E-state index contributed by atoms with van der Waals surface area (Å²) in [5.74, 6) is -16.1. The van der Waals surface area contributed by atoms with Crippen LogP contribution in [0.2, 0.25) is 0 Å². The lowest BCUT2D eigenvalue weighted by molar-refractivity contribution is -0.151. The van der Waals surface area contributed by atoms with E-state index in [1.807, 2.05) is 51.1 Å². The van der Waals surface area contributed by atoms with Crippen LogP contribution in [0.1, 0.15) is 194 Å². The average molecular weight is 1840 g/mol. The predicted octanol–water partition coefficient (Wildman–Crippen LogP) is 13.3. The molecule has 1 aliphatic carbocycles. The van der Waals surface area contributed by atoms with Crippen LogP contribution >= 0.6 is 0 Å². The minimum Gasteiger partial charge on any atom is -0.481 e. The first kappa shape index (κ1) is 104. The van der Waals surface area contributed by atoms with Gasteiger partial charge in [0.15, 0.2) is 46.5 Å². The van der Waals surface area contributed by atoms with Crippen LogP contribution < -0.4 is 29.5 Å². The summed E-state index contributed by atoms with van der Waals surface area (Å²) >= 11 is 0. The Labute approximate surface area is 728 Å². The van der Waals surface area contributed by atoms with Crippen molar-refractivity contribution in [3.63, 3.8) is 0 Å². The summed E-state index contributed by atoms with van der Waals surface area (Å²) in [6, 6.07) is 13.2. The molecule has 37 heteroatoms. The number of esters is 1. The molecule has 690 valence electrons. The van der Waals surface area contributed by atoms with Crippen molar-refractivity contribution in [1.29, 1.82) is 0 Å². The molecule has 1 saturated carbocycles. The van der Waals surface area contributed by atoms with Crippen LogP contribution in [-0.2, 0) is 110 Å². The molecule has 4 aliphatic heterocycles. The number of nitrogens with one attached hydrogen (secondary N) is 6. The van der Waals surface area contributed by atoms with Crippen LogP contribution in [0.4, 0.5) is 52.7 Å². The Bertz CT molecular complexity index is 4570. The Morgan fingerprint density at radius 2 is 0.653 bits per heavy atom. The quantitative estimate of drug-likeness (QED) is 0.0102. The fourth-order valence-electron chi connectivity index (χ4n) is 14.2. The normalized spacial score (nSPS) is 18.0. The number of likely N-dealkylation sites (tertiary alicyclic amines) is 3. The van der Waals surface area contributed by atoms with Crippen molar-refractivity contribution in [2.24, 2.45) is 23.7 Å². The van der Waals surface area contributed by atoms with Gasteiger partial charge >= 0.3 is 11.9 Å². The van der Waals surface area contributed by atoms with Gasteiger partial charge in [0.1, 0.15) is 49.1 Å². The van der Waals surface area contributed by atoms with Gasteiger partial charge in [-0.15, -0.1) is 0 Å². The van der Waals surface area contributed by atoms with Crippen molar-refractivity contribution < 1.29 is 108 Å². The third kappa shape index (κ3) is 33.3. The van der Waals surface area contributed by atoms with Crippen molar-refractivity contribution in [2.75, 3.05) is 52.4 Å². The minimum absolute atomic E-state index is 0.00140. The van der Waals surface area contributed by atoms with E-state index < -0.39 is 175 Å². The fourth-order valence-corrected chi connectivity index (χ4v) is 17.8. The minimum atomic E-state index is -1.48. The number of aliphatic carboxylic acids is 1. The first-order valence-electron chi connectivity index (χ1n) is 41.4. The van der Waals surface area contributed by atoms with Gasteiger partial charge in [-0.2, -0.15) is 0 Å². The highest BCUT2D eigenvalue weighted by Crippen LogP contribution is 2.33. The summed E-state index contributed by atoms with van der Waals surface area (Å²) in [5.41, 5.74) is 0.903. The molecular formula is C87H117F12N9O12S4. The Hall–Kier alpha value is -7.52. The van der Waals surface area contributed by atoms with E-state index in [1.54, 1.807) is 72.1 Å². The number of halogens is 12. The number of ether oxygens (including phenoxy) is 1. The van der Waals surface area contributed by atoms with Crippen LogP contribution in [0.3, 0.4) is 0 Å². The zero-order valence-corrected chi connectivity index (χ0v) is 75.3. The second-order valence-corrected chi connectivity index (χ2v) is 43.8. The molecule has 124 heavy (non-hydrogen) atoms. The maximum absolute atomic E-state index is 14.4. The van der Waals surface area contributed by atoms with Crippen molar-refractivity contribution in [3.8, 4) is 0 Å².